The Morgan fingerprint density at radius 3 is 2.56 bits per heavy atom. The largest absolute Gasteiger partial charge is 0.479 e. The molecule has 0 aliphatic heterocycles. The van der Waals surface area contributed by atoms with Gasteiger partial charge in [0.2, 0.25) is 5.91 Å². The average molecular weight is 230 g/mol. The van der Waals surface area contributed by atoms with Crippen LogP contribution in [0.4, 0.5) is 0 Å². The Morgan fingerprint density at radius 1 is 1.44 bits per heavy atom. The van der Waals surface area contributed by atoms with Gasteiger partial charge in [0.1, 0.15) is 0 Å². The molecular formula is C10H18N2O4. The van der Waals surface area contributed by atoms with Gasteiger partial charge in [-0.3, -0.25) is 4.79 Å². The number of rotatable bonds is 7. The van der Waals surface area contributed by atoms with Gasteiger partial charge in [0.25, 0.3) is 0 Å². The SMILES string of the molecule is CC(O)(CNC(=O)CCNC1CC1)C(=O)O. The first-order valence-electron chi connectivity index (χ1n) is 5.37. The zero-order chi connectivity index (χ0) is 12.2. The van der Waals surface area contributed by atoms with Gasteiger partial charge in [0.05, 0.1) is 6.54 Å². The summed E-state index contributed by atoms with van der Waals surface area (Å²) in [6.45, 7) is 1.47. The minimum atomic E-state index is -1.90. The van der Waals surface area contributed by atoms with Crippen molar-refractivity contribution in [3.05, 3.63) is 0 Å². The first-order valence-corrected chi connectivity index (χ1v) is 5.37. The quantitative estimate of drug-likeness (QED) is 0.453. The fourth-order valence-electron chi connectivity index (χ4n) is 1.11. The summed E-state index contributed by atoms with van der Waals surface area (Å²) in [5.41, 5.74) is -1.90. The van der Waals surface area contributed by atoms with Crippen molar-refractivity contribution in [2.45, 2.75) is 37.8 Å². The Balaban J connectivity index is 2.10. The van der Waals surface area contributed by atoms with E-state index in [9.17, 15) is 14.7 Å². The molecule has 0 bridgehead atoms. The monoisotopic (exact) mass is 230 g/mol. The molecule has 0 radical (unpaired) electrons. The molecule has 1 aliphatic rings. The van der Waals surface area contributed by atoms with E-state index in [-0.39, 0.29) is 12.5 Å². The number of aliphatic carboxylic acids is 1. The lowest BCUT2D eigenvalue weighted by atomic mass is 10.1. The summed E-state index contributed by atoms with van der Waals surface area (Å²) in [6.07, 6.45) is 2.62. The molecule has 1 fully saturated rings. The number of nitrogens with one attached hydrogen (secondary N) is 2. The van der Waals surface area contributed by atoms with Gasteiger partial charge in [0.15, 0.2) is 5.60 Å². The third-order valence-corrected chi connectivity index (χ3v) is 2.45. The maximum Gasteiger partial charge on any atom is 0.337 e. The Morgan fingerprint density at radius 2 is 2.06 bits per heavy atom. The third-order valence-electron chi connectivity index (χ3n) is 2.45. The van der Waals surface area contributed by atoms with Crippen molar-refractivity contribution in [2.24, 2.45) is 0 Å². The van der Waals surface area contributed by atoms with Gasteiger partial charge in [-0.1, -0.05) is 0 Å². The van der Waals surface area contributed by atoms with E-state index < -0.39 is 11.6 Å². The fourth-order valence-corrected chi connectivity index (χ4v) is 1.11. The maximum absolute atomic E-state index is 11.3. The zero-order valence-corrected chi connectivity index (χ0v) is 9.32. The number of carboxylic acid groups (broad SMARTS) is 1. The topological polar surface area (TPSA) is 98.7 Å². The van der Waals surface area contributed by atoms with Crippen LogP contribution in [-0.4, -0.2) is 46.8 Å². The Labute approximate surface area is 94.0 Å². The van der Waals surface area contributed by atoms with E-state index in [0.29, 0.717) is 19.0 Å². The van der Waals surface area contributed by atoms with Crippen molar-refractivity contribution in [1.82, 2.24) is 10.6 Å². The van der Waals surface area contributed by atoms with Crippen LogP contribution in [0.3, 0.4) is 0 Å². The van der Waals surface area contributed by atoms with Crippen LogP contribution in [0.2, 0.25) is 0 Å². The molecule has 0 saturated heterocycles. The molecule has 0 spiro atoms. The van der Waals surface area contributed by atoms with E-state index in [1.165, 1.54) is 0 Å². The lowest BCUT2D eigenvalue weighted by molar-refractivity contribution is -0.156. The van der Waals surface area contributed by atoms with Crippen LogP contribution >= 0.6 is 0 Å². The molecule has 92 valence electrons. The Bertz CT molecular complexity index is 274. The van der Waals surface area contributed by atoms with E-state index in [1.807, 2.05) is 0 Å². The van der Waals surface area contributed by atoms with Crippen LogP contribution in [0.5, 0.6) is 0 Å². The lowest BCUT2D eigenvalue weighted by Gasteiger charge is -2.18. The first kappa shape index (κ1) is 12.9. The molecule has 0 aromatic carbocycles. The molecule has 0 heterocycles. The van der Waals surface area contributed by atoms with Gasteiger partial charge >= 0.3 is 5.97 Å². The summed E-state index contributed by atoms with van der Waals surface area (Å²) in [6, 6.07) is 0.551. The summed E-state index contributed by atoms with van der Waals surface area (Å²) in [7, 11) is 0. The molecule has 1 aliphatic carbocycles. The van der Waals surface area contributed by atoms with Crippen LogP contribution in [0.1, 0.15) is 26.2 Å². The Hall–Kier alpha value is -1.14. The molecule has 6 nitrogen and oxygen atoms in total. The third kappa shape index (κ3) is 4.59. The highest BCUT2D eigenvalue weighted by atomic mass is 16.4. The summed E-state index contributed by atoms with van der Waals surface area (Å²) in [4.78, 5) is 21.8. The van der Waals surface area contributed by atoms with Crippen molar-refractivity contribution < 1.29 is 19.8 Å². The smallest absolute Gasteiger partial charge is 0.337 e. The molecule has 6 heteroatoms. The second-order valence-electron chi connectivity index (χ2n) is 4.33. The summed E-state index contributed by atoms with van der Waals surface area (Å²) in [5.74, 6) is -1.60. The number of amides is 1. The first-order chi connectivity index (χ1) is 7.42. The molecule has 4 N–H and O–H groups in total. The minimum Gasteiger partial charge on any atom is -0.479 e. The molecule has 1 unspecified atom stereocenters. The number of aliphatic hydroxyl groups is 1. The number of carboxylic acids is 1. The van der Waals surface area contributed by atoms with Gasteiger partial charge in [-0.2, -0.15) is 0 Å². The van der Waals surface area contributed by atoms with Crippen molar-refractivity contribution in [2.75, 3.05) is 13.1 Å². The normalized spacial score (nSPS) is 18.9. The summed E-state index contributed by atoms with van der Waals surface area (Å²) < 4.78 is 0. The van der Waals surface area contributed by atoms with E-state index >= 15 is 0 Å². The maximum atomic E-state index is 11.3. The van der Waals surface area contributed by atoms with Crippen molar-refractivity contribution in [3.8, 4) is 0 Å². The highest BCUT2D eigenvalue weighted by Gasteiger charge is 2.30. The minimum absolute atomic E-state index is 0.255. The Kier molecular flexibility index (Phi) is 4.26. The zero-order valence-electron chi connectivity index (χ0n) is 9.32. The van der Waals surface area contributed by atoms with E-state index in [1.54, 1.807) is 0 Å². The van der Waals surface area contributed by atoms with E-state index in [0.717, 1.165) is 19.8 Å². The van der Waals surface area contributed by atoms with Crippen LogP contribution < -0.4 is 10.6 Å². The van der Waals surface area contributed by atoms with Crippen molar-refractivity contribution in [3.63, 3.8) is 0 Å². The van der Waals surface area contributed by atoms with Crippen LogP contribution in [0, 0.1) is 0 Å². The molecule has 1 amide bonds. The highest BCUT2D eigenvalue weighted by Crippen LogP contribution is 2.18. The molecule has 1 rings (SSSR count). The van der Waals surface area contributed by atoms with Gasteiger partial charge in [-0.05, 0) is 19.8 Å². The summed E-state index contributed by atoms with van der Waals surface area (Å²) in [5, 5.41) is 23.5. The molecule has 1 atom stereocenters. The van der Waals surface area contributed by atoms with Gasteiger partial charge in [-0.15, -0.1) is 0 Å². The van der Waals surface area contributed by atoms with Gasteiger partial charge < -0.3 is 20.8 Å². The number of carbonyl (C=O) groups is 2. The van der Waals surface area contributed by atoms with Crippen LogP contribution in [0.25, 0.3) is 0 Å². The average Bonchev–Trinajstić information content (AvgIpc) is 2.98. The second-order valence-corrected chi connectivity index (χ2v) is 4.33. The second kappa shape index (κ2) is 5.27. The van der Waals surface area contributed by atoms with E-state index in [4.69, 9.17) is 5.11 Å². The number of hydrogen-bond acceptors (Lipinski definition) is 4. The fraction of sp³-hybridized carbons (Fsp3) is 0.800. The highest BCUT2D eigenvalue weighted by molar-refractivity contribution is 5.80. The van der Waals surface area contributed by atoms with Crippen molar-refractivity contribution >= 4 is 11.9 Å². The van der Waals surface area contributed by atoms with Gasteiger partial charge in [0, 0.05) is 19.0 Å². The predicted molar refractivity (Wildman–Crippen MR) is 56.9 cm³/mol. The molecule has 0 aromatic rings. The number of carbonyl (C=O) groups excluding carboxylic acids is 1. The van der Waals surface area contributed by atoms with E-state index in [2.05, 4.69) is 10.6 Å². The molecule has 16 heavy (non-hydrogen) atoms. The number of hydrogen-bond donors (Lipinski definition) is 4. The van der Waals surface area contributed by atoms with Crippen molar-refractivity contribution in [1.29, 1.82) is 0 Å². The van der Waals surface area contributed by atoms with Crippen LogP contribution in [0.15, 0.2) is 0 Å². The standard InChI is InChI=1S/C10H18N2O4/c1-10(16,9(14)15)6-12-8(13)4-5-11-7-2-3-7/h7,11,16H,2-6H2,1H3,(H,12,13)(H,14,15). The molecule has 1 saturated carbocycles. The van der Waals surface area contributed by atoms with Gasteiger partial charge in [-0.25, -0.2) is 4.79 Å². The van der Waals surface area contributed by atoms with Crippen LogP contribution in [-0.2, 0) is 9.59 Å². The predicted octanol–water partition coefficient (Wildman–Crippen LogP) is -0.920. The molecule has 0 aromatic heterocycles. The molecular weight excluding hydrogens is 212 g/mol. The summed E-state index contributed by atoms with van der Waals surface area (Å²) >= 11 is 0. The lowest BCUT2D eigenvalue weighted by Crippen LogP contribution is -2.46.